The summed E-state index contributed by atoms with van der Waals surface area (Å²) in [6, 6.07) is 17.2. The van der Waals surface area contributed by atoms with Crippen molar-refractivity contribution in [3.05, 3.63) is 54.1 Å². The van der Waals surface area contributed by atoms with E-state index in [2.05, 4.69) is 46.7 Å². The summed E-state index contributed by atoms with van der Waals surface area (Å²) >= 11 is 5.42. The van der Waals surface area contributed by atoms with Crippen LogP contribution in [-0.2, 0) is 6.42 Å². The summed E-state index contributed by atoms with van der Waals surface area (Å²) in [4.78, 5) is 2.50. The number of fused-ring (bicyclic) bond motifs is 1. The molecule has 0 saturated carbocycles. The van der Waals surface area contributed by atoms with Gasteiger partial charge in [-0.25, -0.2) is 0 Å². The van der Waals surface area contributed by atoms with Gasteiger partial charge in [-0.3, -0.25) is 0 Å². The second-order valence-corrected chi connectivity index (χ2v) is 7.71. The lowest BCUT2D eigenvalue weighted by Gasteiger charge is -2.25. The smallest absolute Gasteiger partial charge is 0.170 e. The van der Waals surface area contributed by atoms with Crippen LogP contribution in [0.2, 0.25) is 0 Å². The fourth-order valence-electron chi connectivity index (χ4n) is 3.52. The van der Waals surface area contributed by atoms with E-state index in [1.54, 1.807) is 0 Å². The van der Waals surface area contributed by atoms with Crippen LogP contribution in [0.1, 0.15) is 32.8 Å². The highest BCUT2D eigenvalue weighted by Gasteiger charge is 2.24. The Kier molecular flexibility index (Phi) is 6.56. The fourth-order valence-corrected chi connectivity index (χ4v) is 3.74. The Morgan fingerprint density at radius 3 is 2.85 bits per heavy atom. The minimum absolute atomic E-state index is 0.156. The topological polar surface area (TPSA) is 36.5 Å². The number of rotatable bonds is 7. The average molecular weight is 384 g/mol. The number of anilines is 2. The Balaban J connectivity index is 1.43. The van der Waals surface area contributed by atoms with Crippen LogP contribution in [0.5, 0.6) is 5.75 Å². The van der Waals surface area contributed by atoms with E-state index in [4.69, 9.17) is 17.0 Å². The Hall–Kier alpha value is -2.27. The third-order valence-electron chi connectivity index (χ3n) is 4.67. The van der Waals surface area contributed by atoms with Crippen LogP contribution in [0.25, 0.3) is 0 Å². The molecule has 3 rings (SSSR count). The summed E-state index contributed by atoms with van der Waals surface area (Å²) in [6.07, 6.45) is 2.33. The standard InChI is InChI=1S/C22H29N3OS/c1-16(2)26-20-10-6-9-19(15-20)24-22(27)23-12-7-13-25-17(3)14-18-8-4-5-11-21(18)25/h4-6,8-11,15-17H,7,12-14H2,1-3H3,(H2,23,24,27). The molecule has 2 aromatic rings. The lowest BCUT2D eigenvalue weighted by molar-refractivity contribution is 0.242. The second-order valence-electron chi connectivity index (χ2n) is 7.30. The molecule has 2 N–H and O–H groups in total. The van der Waals surface area contributed by atoms with Crippen molar-refractivity contribution in [2.45, 2.75) is 45.8 Å². The molecule has 1 heterocycles. The molecule has 27 heavy (non-hydrogen) atoms. The molecular weight excluding hydrogens is 354 g/mol. The van der Waals surface area contributed by atoms with E-state index < -0.39 is 0 Å². The largest absolute Gasteiger partial charge is 0.491 e. The molecule has 4 nitrogen and oxygen atoms in total. The number of nitrogens with one attached hydrogen (secondary N) is 2. The molecule has 0 fully saturated rings. The maximum Gasteiger partial charge on any atom is 0.170 e. The van der Waals surface area contributed by atoms with Gasteiger partial charge in [-0.15, -0.1) is 0 Å². The van der Waals surface area contributed by atoms with Gasteiger partial charge in [0.25, 0.3) is 0 Å². The van der Waals surface area contributed by atoms with Crippen LogP contribution in [0.3, 0.4) is 0 Å². The first-order valence-corrected chi connectivity index (χ1v) is 10.1. The number of para-hydroxylation sites is 1. The van der Waals surface area contributed by atoms with Crippen molar-refractivity contribution in [1.82, 2.24) is 5.32 Å². The molecule has 2 aromatic carbocycles. The van der Waals surface area contributed by atoms with Gasteiger partial charge in [0.2, 0.25) is 0 Å². The third kappa shape index (κ3) is 5.36. The van der Waals surface area contributed by atoms with Crippen LogP contribution in [0.15, 0.2) is 48.5 Å². The highest BCUT2D eigenvalue weighted by Crippen LogP contribution is 2.31. The summed E-state index contributed by atoms with van der Waals surface area (Å²) in [5.74, 6) is 0.847. The third-order valence-corrected chi connectivity index (χ3v) is 4.92. The fraction of sp³-hybridized carbons (Fsp3) is 0.409. The van der Waals surface area contributed by atoms with Gasteiger partial charge >= 0.3 is 0 Å². The molecule has 1 atom stereocenters. The number of hydrogen-bond donors (Lipinski definition) is 2. The van der Waals surface area contributed by atoms with E-state index >= 15 is 0 Å². The van der Waals surface area contributed by atoms with Gasteiger partial charge in [-0.2, -0.15) is 0 Å². The van der Waals surface area contributed by atoms with Crippen LogP contribution in [0.4, 0.5) is 11.4 Å². The van der Waals surface area contributed by atoms with E-state index in [-0.39, 0.29) is 6.10 Å². The van der Waals surface area contributed by atoms with Crippen molar-refractivity contribution in [1.29, 1.82) is 0 Å². The molecular formula is C22H29N3OS. The lowest BCUT2D eigenvalue weighted by atomic mass is 10.1. The van der Waals surface area contributed by atoms with E-state index in [1.807, 2.05) is 38.1 Å². The first-order chi connectivity index (χ1) is 13.0. The molecule has 0 saturated heterocycles. The van der Waals surface area contributed by atoms with Crippen LogP contribution in [-0.4, -0.2) is 30.3 Å². The Labute approximate surface area is 167 Å². The summed E-state index contributed by atoms with van der Waals surface area (Å²) in [7, 11) is 0. The molecule has 0 bridgehead atoms. The zero-order valence-electron chi connectivity index (χ0n) is 16.4. The van der Waals surface area contributed by atoms with E-state index in [0.717, 1.165) is 37.4 Å². The molecule has 1 aliphatic rings. The SMILES string of the molecule is CC(C)Oc1cccc(NC(=S)NCCCN2c3ccccc3CC2C)c1. The number of thiocarbonyl (C=S) groups is 1. The maximum absolute atomic E-state index is 5.72. The van der Waals surface area contributed by atoms with Gasteiger partial charge in [-0.1, -0.05) is 24.3 Å². The predicted molar refractivity (Wildman–Crippen MR) is 118 cm³/mol. The number of hydrogen-bond acceptors (Lipinski definition) is 3. The van der Waals surface area contributed by atoms with Crippen molar-refractivity contribution >= 4 is 28.7 Å². The van der Waals surface area contributed by atoms with Gasteiger partial charge in [0.05, 0.1) is 6.10 Å². The van der Waals surface area contributed by atoms with Crippen molar-refractivity contribution in [3.63, 3.8) is 0 Å². The Bertz CT molecular complexity index is 778. The molecule has 0 spiro atoms. The maximum atomic E-state index is 5.72. The number of ether oxygens (including phenoxy) is 1. The molecule has 5 heteroatoms. The Morgan fingerprint density at radius 2 is 2.04 bits per heavy atom. The van der Waals surface area contributed by atoms with Gasteiger partial charge in [-0.05, 0) is 69.6 Å². The van der Waals surface area contributed by atoms with Crippen LogP contribution in [0, 0.1) is 0 Å². The van der Waals surface area contributed by atoms with Gasteiger partial charge < -0.3 is 20.3 Å². The van der Waals surface area contributed by atoms with Crippen molar-refractivity contribution in [2.24, 2.45) is 0 Å². The van der Waals surface area contributed by atoms with Gasteiger partial charge in [0.15, 0.2) is 5.11 Å². The zero-order valence-corrected chi connectivity index (χ0v) is 17.2. The molecule has 1 aliphatic heterocycles. The first kappa shape index (κ1) is 19.5. The second kappa shape index (κ2) is 9.09. The summed E-state index contributed by atoms with van der Waals surface area (Å²) < 4.78 is 5.72. The summed E-state index contributed by atoms with van der Waals surface area (Å²) in [5.41, 5.74) is 3.78. The molecule has 0 radical (unpaired) electrons. The van der Waals surface area contributed by atoms with E-state index in [1.165, 1.54) is 11.3 Å². The monoisotopic (exact) mass is 383 g/mol. The Morgan fingerprint density at radius 1 is 1.22 bits per heavy atom. The molecule has 0 amide bonds. The van der Waals surface area contributed by atoms with Crippen LogP contribution >= 0.6 is 12.2 Å². The quantitative estimate of drug-likeness (QED) is 0.540. The average Bonchev–Trinajstić information content (AvgIpc) is 2.94. The first-order valence-electron chi connectivity index (χ1n) is 9.69. The van der Waals surface area contributed by atoms with Crippen molar-refractivity contribution < 1.29 is 4.74 Å². The lowest BCUT2D eigenvalue weighted by Crippen LogP contribution is -2.34. The van der Waals surface area contributed by atoms with Gasteiger partial charge in [0, 0.05) is 36.6 Å². The van der Waals surface area contributed by atoms with E-state index in [9.17, 15) is 0 Å². The normalized spacial score (nSPS) is 15.6. The number of nitrogens with zero attached hydrogens (tertiary/aromatic N) is 1. The molecule has 1 unspecified atom stereocenters. The molecule has 0 aromatic heterocycles. The zero-order chi connectivity index (χ0) is 19.2. The summed E-state index contributed by atoms with van der Waals surface area (Å²) in [5, 5.41) is 7.19. The minimum atomic E-state index is 0.156. The van der Waals surface area contributed by atoms with Crippen molar-refractivity contribution in [2.75, 3.05) is 23.3 Å². The van der Waals surface area contributed by atoms with Crippen molar-refractivity contribution in [3.8, 4) is 5.75 Å². The minimum Gasteiger partial charge on any atom is -0.491 e. The number of benzene rings is 2. The molecule has 0 aliphatic carbocycles. The summed E-state index contributed by atoms with van der Waals surface area (Å²) in [6.45, 7) is 8.22. The van der Waals surface area contributed by atoms with Crippen LogP contribution < -0.4 is 20.3 Å². The predicted octanol–water partition coefficient (Wildman–Crippen LogP) is 4.60. The molecule has 144 valence electrons. The van der Waals surface area contributed by atoms with E-state index in [0.29, 0.717) is 11.2 Å². The highest BCUT2D eigenvalue weighted by molar-refractivity contribution is 7.80. The van der Waals surface area contributed by atoms with Gasteiger partial charge in [0.1, 0.15) is 5.75 Å². The highest BCUT2D eigenvalue weighted by atomic mass is 32.1.